The van der Waals surface area contributed by atoms with Crippen molar-refractivity contribution in [3.63, 3.8) is 0 Å². The lowest BCUT2D eigenvalue weighted by molar-refractivity contribution is -0.138. The van der Waals surface area contributed by atoms with E-state index < -0.39 is 22.0 Å². The number of hydrogen-bond acceptors (Lipinski definition) is 5. The van der Waals surface area contributed by atoms with Crippen LogP contribution in [-0.4, -0.2) is 43.6 Å². The Morgan fingerprint density at radius 1 is 0.902 bits per heavy atom. The van der Waals surface area contributed by atoms with Crippen molar-refractivity contribution in [3.05, 3.63) is 107 Å². The SMILES string of the molecule is CNC(=O)N(c1cccc(-c2ccc(C[C@@H](NS(=O)(=O)c3c(C)cc(C)cc3C)C(=O)O)cc2)c1)c1ccccn1. The summed E-state index contributed by atoms with van der Waals surface area (Å²) in [6.45, 7) is 5.27. The van der Waals surface area contributed by atoms with Gasteiger partial charge in [-0.05, 0) is 79.3 Å². The Labute approximate surface area is 239 Å². The van der Waals surface area contributed by atoms with Gasteiger partial charge in [-0.15, -0.1) is 0 Å². The fourth-order valence-corrected chi connectivity index (χ4v) is 6.50. The van der Waals surface area contributed by atoms with Gasteiger partial charge in [-0.3, -0.25) is 4.79 Å². The van der Waals surface area contributed by atoms with Crippen LogP contribution in [0.5, 0.6) is 0 Å². The van der Waals surface area contributed by atoms with Gasteiger partial charge in [-0.2, -0.15) is 4.72 Å². The number of carboxylic acids is 1. The first-order valence-electron chi connectivity index (χ1n) is 13.0. The minimum atomic E-state index is -4.07. The number of nitrogens with zero attached hydrogens (tertiary/aromatic N) is 2. The standard InChI is InChI=1S/C31H32N4O5S/c1-20-16-21(2)29(22(3)17-20)41(39,40)34-27(30(36)37)18-23-11-13-24(14-12-23)25-8-7-9-26(19-25)35(31(38)32-4)28-10-5-6-15-33-28/h5-17,19,27,34H,18H2,1-4H3,(H,32,38)(H,36,37)/t27-/m1/s1. The third-order valence-corrected chi connectivity index (χ3v) is 8.37. The van der Waals surface area contributed by atoms with Crippen LogP contribution in [0.3, 0.4) is 0 Å². The Kier molecular flexibility index (Phi) is 8.85. The number of aromatic nitrogens is 1. The Bertz CT molecular complexity index is 1650. The molecule has 3 N–H and O–H groups in total. The number of pyridine rings is 1. The largest absolute Gasteiger partial charge is 0.480 e. The maximum Gasteiger partial charge on any atom is 0.327 e. The van der Waals surface area contributed by atoms with Crippen molar-refractivity contribution in [2.75, 3.05) is 11.9 Å². The van der Waals surface area contributed by atoms with Crippen molar-refractivity contribution in [1.82, 2.24) is 15.0 Å². The summed E-state index contributed by atoms with van der Waals surface area (Å²) in [5.41, 5.74) is 4.99. The summed E-state index contributed by atoms with van der Waals surface area (Å²) in [5.74, 6) is -0.797. The minimum Gasteiger partial charge on any atom is -0.480 e. The van der Waals surface area contributed by atoms with E-state index in [-0.39, 0.29) is 17.3 Å². The van der Waals surface area contributed by atoms with Crippen LogP contribution in [0.2, 0.25) is 0 Å². The van der Waals surface area contributed by atoms with Crippen molar-refractivity contribution in [2.24, 2.45) is 0 Å². The lowest BCUT2D eigenvalue weighted by atomic mass is 10.0. The second-order valence-electron chi connectivity index (χ2n) is 9.77. The van der Waals surface area contributed by atoms with Crippen molar-refractivity contribution in [2.45, 2.75) is 38.1 Å². The molecule has 2 amide bonds. The van der Waals surface area contributed by atoms with Crippen LogP contribution in [0.1, 0.15) is 22.3 Å². The number of rotatable bonds is 9. The van der Waals surface area contributed by atoms with E-state index in [2.05, 4.69) is 15.0 Å². The van der Waals surface area contributed by atoms with Gasteiger partial charge in [0.25, 0.3) is 0 Å². The molecule has 1 aromatic heterocycles. The second kappa shape index (κ2) is 12.3. The number of benzene rings is 3. The quantitative estimate of drug-likeness (QED) is 0.255. The molecule has 3 aromatic carbocycles. The van der Waals surface area contributed by atoms with Crippen LogP contribution in [0.4, 0.5) is 16.3 Å². The number of hydrogen-bond donors (Lipinski definition) is 3. The van der Waals surface area contributed by atoms with Gasteiger partial charge in [0.15, 0.2) is 0 Å². The van der Waals surface area contributed by atoms with Crippen molar-refractivity contribution in [3.8, 4) is 11.1 Å². The Balaban J connectivity index is 1.56. The molecule has 0 fully saturated rings. The van der Waals surface area contributed by atoms with Crippen LogP contribution in [0, 0.1) is 20.8 Å². The maximum atomic E-state index is 13.2. The van der Waals surface area contributed by atoms with Gasteiger partial charge in [0.2, 0.25) is 10.0 Å². The lowest BCUT2D eigenvalue weighted by Crippen LogP contribution is -2.42. The summed E-state index contributed by atoms with van der Waals surface area (Å²) in [4.78, 5) is 30.6. The molecule has 0 spiro atoms. The highest BCUT2D eigenvalue weighted by Crippen LogP contribution is 2.29. The van der Waals surface area contributed by atoms with E-state index in [1.54, 1.807) is 69.6 Å². The number of urea groups is 1. The summed E-state index contributed by atoms with van der Waals surface area (Å²) < 4.78 is 28.7. The summed E-state index contributed by atoms with van der Waals surface area (Å²) in [5, 5.41) is 12.5. The molecule has 10 heteroatoms. The first kappa shape index (κ1) is 29.4. The van der Waals surface area contributed by atoms with E-state index in [0.717, 1.165) is 16.7 Å². The van der Waals surface area contributed by atoms with Crippen LogP contribution in [-0.2, 0) is 21.2 Å². The number of nitrogens with one attached hydrogen (secondary N) is 2. The van der Waals surface area contributed by atoms with E-state index in [1.165, 1.54) is 4.90 Å². The van der Waals surface area contributed by atoms with Crippen molar-refractivity contribution in [1.29, 1.82) is 0 Å². The van der Waals surface area contributed by atoms with E-state index in [1.807, 2.05) is 43.3 Å². The lowest BCUT2D eigenvalue weighted by Gasteiger charge is -2.22. The zero-order valence-electron chi connectivity index (χ0n) is 23.3. The normalized spacial score (nSPS) is 12.0. The molecular weight excluding hydrogens is 540 g/mol. The topological polar surface area (TPSA) is 129 Å². The maximum absolute atomic E-state index is 13.2. The first-order valence-corrected chi connectivity index (χ1v) is 14.4. The predicted molar refractivity (Wildman–Crippen MR) is 159 cm³/mol. The Morgan fingerprint density at radius 2 is 1.59 bits per heavy atom. The van der Waals surface area contributed by atoms with Gasteiger partial charge < -0.3 is 10.4 Å². The smallest absolute Gasteiger partial charge is 0.327 e. The van der Waals surface area contributed by atoms with Gasteiger partial charge in [0.05, 0.1) is 10.6 Å². The number of carbonyl (C=O) groups is 2. The van der Waals surface area contributed by atoms with Gasteiger partial charge in [-0.1, -0.05) is 60.2 Å². The van der Waals surface area contributed by atoms with Gasteiger partial charge in [-0.25, -0.2) is 23.1 Å². The zero-order chi connectivity index (χ0) is 29.7. The number of carbonyl (C=O) groups excluding carboxylic acids is 1. The van der Waals surface area contributed by atoms with E-state index in [0.29, 0.717) is 28.2 Å². The van der Waals surface area contributed by atoms with Crippen LogP contribution in [0.15, 0.2) is 90.0 Å². The molecule has 212 valence electrons. The number of carboxylic acid groups (broad SMARTS) is 1. The minimum absolute atomic E-state index is 0.0387. The molecule has 0 unspecified atom stereocenters. The monoisotopic (exact) mass is 572 g/mol. The van der Waals surface area contributed by atoms with Gasteiger partial charge >= 0.3 is 12.0 Å². The number of aliphatic carboxylic acids is 1. The fourth-order valence-electron chi connectivity index (χ4n) is 4.86. The molecule has 0 radical (unpaired) electrons. The zero-order valence-corrected chi connectivity index (χ0v) is 24.1. The van der Waals surface area contributed by atoms with Gasteiger partial charge in [0.1, 0.15) is 11.9 Å². The van der Waals surface area contributed by atoms with Gasteiger partial charge in [0, 0.05) is 13.2 Å². The molecule has 0 saturated carbocycles. The van der Waals surface area contributed by atoms with E-state index >= 15 is 0 Å². The molecule has 0 saturated heterocycles. The predicted octanol–water partition coefficient (Wildman–Crippen LogP) is 5.13. The van der Waals surface area contributed by atoms with E-state index in [4.69, 9.17) is 0 Å². The summed E-state index contributed by atoms with van der Waals surface area (Å²) in [7, 11) is -2.52. The second-order valence-corrected chi connectivity index (χ2v) is 11.4. The summed E-state index contributed by atoms with van der Waals surface area (Å²) in [6.07, 6.45) is 1.57. The molecule has 1 atom stereocenters. The number of amides is 2. The van der Waals surface area contributed by atoms with Crippen LogP contribution < -0.4 is 14.9 Å². The van der Waals surface area contributed by atoms with Crippen molar-refractivity contribution >= 4 is 33.5 Å². The Morgan fingerprint density at radius 3 is 2.17 bits per heavy atom. The Hall–Kier alpha value is -4.54. The highest BCUT2D eigenvalue weighted by atomic mass is 32.2. The molecule has 41 heavy (non-hydrogen) atoms. The third kappa shape index (κ3) is 6.79. The average molecular weight is 573 g/mol. The van der Waals surface area contributed by atoms with E-state index in [9.17, 15) is 23.1 Å². The molecule has 4 rings (SSSR count). The number of anilines is 2. The fraction of sp³-hybridized carbons (Fsp3) is 0.194. The van der Waals surface area contributed by atoms with Crippen molar-refractivity contribution < 1.29 is 23.1 Å². The molecule has 1 heterocycles. The summed E-state index contributed by atoms with van der Waals surface area (Å²) >= 11 is 0. The molecular formula is C31H32N4O5S. The highest BCUT2D eigenvalue weighted by molar-refractivity contribution is 7.89. The molecule has 4 aromatic rings. The third-order valence-electron chi connectivity index (χ3n) is 6.60. The van der Waals surface area contributed by atoms with Crippen LogP contribution >= 0.6 is 0 Å². The number of aryl methyl sites for hydroxylation is 3. The number of sulfonamides is 1. The first-order chi connectivity index (χ1) is 19.5. The molecule has 0 aliphatic rings. The van der Waals surface area contributed by atoms with Crippen LogP contribution in [0.25, 0.3) is 11.1 Å². The molecule has 0 bridgehead atoms. The summed E-state index contributed by atoms with van der Waals surface area (Å²) in [6, 6.07) is 21.8. The average Bonchev–Trinajstić information content (AvgIpc) is 2.93. The molecule has 9 nitrogen and oxygen atoms in total. The molecule has 0 aliphatic carbocycles. The molecule has 0 aliphatic heterocycles. The highest BCUT2D eigenvalue weighted by Gasteiger charge is 2.28.